The number of halogens is 2. The van der Waals surface area contributed by atoms with Crippen molar-refractivity contribution < 1.29 is 4.39 Å². The van der Waals surface area contributed by atoms with Crippen LogP contribution in [0.25, 0.3) is 0 Å². The molecule has 1 aromatic heterocycles. The monoisotopic (exact) mass is 528 g/mol. The largest absolute Gasteiger partial charge is 0.347 e. The van der Waals surface area contributed by atoms with Gasteiger partial charge in [-0.25, -0.2) is 13.9 Å². The van der Waals surface area contributed by atoms with E-state index in [1.807, 2.05) is 30.3 Å². The minimum Gasteiger partial charge on any atom is -0.303 e. The Kier molecular flexibility index (Phi) is 8.45. The Morgan fingerprint density at radius 3 is 2.50 bits per heavy atom. The molecule has 4 rings (SSSR count). The zero-order valence-electron chi connectivity index (χ0n) is 19.2. The smallest absolute Gasteiger partial charge is 0.303 e. The van der Waals surface area contributed by atoms with Crippen molar-refractivity contribution in [2.24, 2.45) is 5.92 Å². The van der Waals surface area contributed by atoms with Crippen molar-refractivity contribution in [1.82, 2.24) is 19.2 Å². The van der Waals surface area contributed by atoms with E-state index >= 15 is 0 Å². The van der Waals surface area contributed by atoms with Crippen LogP contribution >= 0.6 is 15.9 Å². The van der Waals surface area contributed by atoms with Crippen LogP contribution in [-0.2, 0) is 19.5 Å². The van der Waals surface area contributed by atoms with Gasteiger partial charge in [-0.15, -0.1) is 0 Å². The van der Waals surface area contributed by atoms with Crippen LogP contribution in [0.1, 0.15) is 36.8 Å². The molecule has 34 heavy (non-hydrogen) atoms. The lowest BCUT2D eigenvalue weighted by Crippen LogP contribution is -2.41. The van der Waals surface area contributed by atoms with E-state index in [0.29, 0.717) is 12.5 Å². The molecule has 0 spiro atoms. The SMILES string of the molecule is O=c1cnn(CCCCN2CCC(Cc3cc(F)ccc3Br)CC2)c(=O)n1Cc1ccccc1. The zero-order valence-corrected chi connectivity index (χ0v) is 20.8. The van der Waals surface area contributed by atoms with E-state index in [-0.39, 0.29) is 23.6 Å². The van der Waals surface area contributed by atoms with Crippen molar-refractivity contribution in [2.75, 3.05) is 19.6 Å². The number of piperidine rings is 1. The van der Waals surface area contributed by atoms with E-state index < -0.39 is 0 Å². The summed E-state index contributed by atoms with van der Waals surface area (Å²) < 4.78 is 17.2. The minimum atomic E-state index is -0.377. The quantitative estimate of drug-likeness (QED) is 0.392. The van der Waals surface area contributed by atoms with Gasteiger partial charge in [0, 0.05) is 11.0 Å². The summed E-state index contributed by atoms with van der Waals surface area (Å²) in [6.07, 6.45) is 6.13. The molecule has 0 unspecified atom stereocenters. The van der Waals surface area contributed by atoms with Crippen molar-refractivity contribution in [2.45, 2.75) is 45.2 Å². The second kappa shape index (κ2) is 11.7. The molecular weight excluding hydrogens is 499 g/mol. The second-order valence-electron chi connectivity index (χ2n) is 8.99. The van der Waals surface area contributed by atoms with Crippen molar-refractivity contribution in [3.05, 3.63) is 97.0 Å². The third-order valence-electron chi connectivity index (χ3n) is 6.53. The number of nitrogens with zero attached hydrogens (tertiary/aromatic N) is 4. The van der Waals surface area contributed by atoms with Gasteiger partial charge in [-0.05, 0) is 87.0 Å². The summed E-state index contributed by atoms with van der Waals surface area (Å²) in [5, 5.41) is 4.05. The van der Waals surface area contributed by atoms with E-state index in [1.165, 1.54) is 21.5 Å². The number of unbranched alkanes of at least 4 members (excludes halogenated alkanes) is 1. The number of rotatable bonds is 9. The predicted molar refractivity (Wildman–Crippen MR) is 135 cm³/mol. The topological polar surface area (TPSA) is 60.1 Å². The highest BCUT2D eigenvalue weighted by molar-refractivity contribution is 9.10. The first-order valence-electron chi connectivity index (χ1n) is 11.9. The van der Waals surface area contributed by atoms with Gasteiger partial charge in [0.15, 0.2) is 0 Å². The highest BCUT2D eigenvalue weighted by atomic mass is 79.9. The molecule has 1 aliphatic rings. The Hall–Kier alpha value is -2.58. The summed E-state index contributed by atoms with van der Waals surface area (Å²) in [4.78, 5) is 27.4. The lowest BCUT2D eigenvalue weighted by atomic mass is 9.90. The van der Waals surface area contributed by atoms with Crippen LogP contribution < -0.4 is 11.2 Å². The standard InChI is InChI=1S/C26H30BrFN4O2/c27-24-9-8-23(28)17-22(24)16-20-10-14-30(15-11-20)12-4-5-13-32-26(34)31(25(33)18-29-32)19-21-6-2-1-3-7-21/h1-3,6-9,17-18,20H,4-5,10-16,19H2. The van der Waals surface area contributed by atoms with Gasteiger partial charge >= 0.3 is 5.69 Å². The van der Waals surface area contributed by atoms with Gasteiger partial charge in [0.25, 0.3) is 5.56 Å². The van der Waals surface area contributed by atoms with Gasteiger partial charge in [-0.3, -0.25) is 9.36 Å². The number of aryl methyl sites for hydroxylation is 1. The van der Waals surface area contributed by atoms with Crippen LogP contribution in [0, 0.1) is 11.7 Å². The van der Waals surface area contributed by atoms with E-state index in [2.05, 4.69) is 25.9 Å². The number of aromatic nitrogens is 3. The molecule has 0 amide bonds. The second-order valence-corrected chi connectivity index (χ2v) is 9.85. The Morgan fingerprint density at radius 1 is 1.00 bits per heavy atom. The molecule has 0 bridgehead atoms. The van der Waals surface area contributed by atoms with Crippen LogP contribution in [0.15, 0.2) is 68.8 Å². The average Bonchev–Trinajstić information content (AvgIpc) is 2.84. The lowest BCUT2D eigenvalue weighted by molar-refractivity contribution is 0.180. The van der Waals surface area contributed by atoms with Gasteiger partial charge in [-0.2, -0.15) is 5.10 Å². The van der Waals surface area contributed by atoms with Crippen molar-refractivity contribution in [1.29, 1.82) is 0 Å². The number of hydrogen-bond acceptors (Lipinski definition) is 4. The highest BCUT2D eigenvalue weighted by Gasteiger charge is 2.20. The summed E-state index contributed by atoms with van der Waals surface area (Å²) >= 11 is 3.53. The third kappa shape index (κ3) is 6.51. The first-order chi connectivity index (χ1) is 16.5. The molecule has 8 heteroatoms. The summed E-state index contributed by atoms with van der Waals surface area (Å²) in [6.45, 7) is 3.81. The number of benzene rings is 2. The van der Waals surface area contributed by atoms with Crippen molar-refractivity contribution in [3.8, 4) is 0 Å². The minimum absolute atomic E-state index is 0.181. The third-order valence-corrected chi connectivity index (χ3v) is 7.30. The van der Waals surface area contributed by atoms with E-state index in [1.54, 1.807) is 12.1 Å². The van der Waals surface area contributed by atoms with Gasteiger partial charge in [0.05, 0.1) is 6.54 Å². The summed E-state index contributed by atoms with van der Waals surface area (Å²) in [5.41, 5.74) is 1.22. The Labute approximate surface area is 207 Å². The fraction of sp³-hybridized carbons (Fsp3) is 0.423. The zero-order chi connectivity index (χ0) is 23.9. The van der Waals surface area contributed by atoms with Gasteiger partial charge in [0.2, 0.25) is 0 Å². The lowest BCUT2D eigenvalue weighted by Gasteiger charge is -2.32. The molecule has 0 aliphatic carbocycles. The molecule has 180 valence electrons. The molecule has 0 N–H and O–H groups in total. The molecule has 1 fully saturated rings. The van der Waals surface area contributed by atoms with E-state index in [9.17, 15) is 14.0 Å². The molecule has 1 aliphatic heterocycles. The van der Waals surface area contributed by atoms with Crippen molar-refractivity contribution in [3.63, 3.8) is 0 Å². The molecule has 0 radical (unpaired) electrons. The normalized spacial score (nSPS) is 15.0. The number of likely N-dealkylation sites (tertiary alicyclic amines) is 1. The fourth-order valence-electron chi connectivity index (χ4n) is 4.56. The van der Waals surface area contributed by atoms with Crippen molar-refractivity contribution >= 4 is 15.9 Å². The Balaban J connectivity index is 1.22. The first kappa shape index (κ1) is 24.5. The maximum absolute atomic E-state index is 13.6. The maximum atomic E-state index is 13.6. The molecule has 1 saturated heterocycles. The van der Waals surface area contributed by atoms with E-state index in [0.717, 1.165) is 67.3 Å². The van der Waals surface area contributed by atoms with Crippen LogP contribution in [0.4, 0.5) is 4.39 Å². The number of hydrogen-bond donors (Lipinski definition) is 0. The molecule has 6 nitrogen and oxygen atoms in total. The molecule has 3 aromatic rings. The maximum Gasteiger partial charge on any atom is 0.347 e. The van der Waals surface area contributed by atoms with Crippen LogP contribution in [0.2, 0.25) is 0 Å². The molecule has 2 heterocycles. The Bertz CT molecular complexity index is 1200. The molecule has 0 atom stereocenters. The summed E-state index contributed by atoms with van der Waals surface area (Å²) in [5.74, 6) is 0.391. The van der Waals surface area contributed by atoms with Gasteiger partial charge < -0.3 is 4.90 Å². The first-order valence-corrected chi connectivity index (χ1v) is 12.7. The average molecular weight is 529 g/mol. The summed E-state index contributed by atoms with van der Waals surface area (Å²) in [6, 6.07) is 14.4. The van der Waals surface area contributed by atoms with Crippen LogP contribution in [0.5, 0.6) is 0 Å². The van der Waals surface area contributed by atoms with Gasteiger partial charge in [0.1, 0.15) is 12.0 Å². The van der Waals surface area contributed by atoms with Crippen LogP contribution in [-0.4, -0.2) is 38.9 Å². The van der Waals surface area contributed by atoms with Crippen LogP contribution in [0.3, 0.4) is 0 Å². The summed E-state index contributed by atoms with van der Waals surface area (Å²) in [7, 11) is 0. The van der Waals surface area contributed by atoms with E-state index in [4.69, 9.17) is 0 Å². The molecule has 2 aromatic carbocycles. The Morgan fingerprint density at radius 2 is 1.74 bits per heavy atom. The fourth-order valence-corrected chi connectivity index (χ4v) is 4.97. The molecular formula is C26H30BrFN4O2. The predicted octanol–water partition coefficient (Wildman–Crippen LogP) is 4.09. The van der Waals surface area contributed by atoms with Gasteiger partial charge in [-0.1, -0.05) is 46.3 Å². The molecule has 0 saturated carbocycles. The highest BCUT2D eigenvalue weighted by Crippen LogP contribution is 2.26.